The van der Waals surface area contributed by atoms with Gasteiger partial charge >= 0.3 is 0 Å². The van der Waals surface area contributed by atoms with Crippen LogP contribution in [0.15, 0.2) is 24.4 Å². The molecular weight excluding hydrogens is 506 g/mol. The molecule has 2 fully saturated rings. The number of hydrogen-bond acceptors (Lipinski definition) is 8. The molecule has 2 aliphatic heterocycles. The standard InChI is InChI=1S/C24H27F4N9O/c1-13-30-17-4-3-16(31-22(17)36(13)9-19(25)26)15-5-8-37-20(15)21(29-2)33-23(34-37)32-18-6-7-35(12-24(18,27)28)14-10-38-11-14/h3-5,8,14,18-19H,6-7,9-12H2,1-2H3,(H2,29,32,33,34)/i2D3. The largest absolute Gasteiger partial charge is 0.378 e. The third-order valence-electron chi connectivity index (χ3n) is 7.08. The minimum Gasteiger partial charge on any atom is -0.378 e. The van der Waals surface area contributed by atoms with E-state index in [0.717, 1.165) is 0 Å². The van der Waals surface area contributed by atoms with Crippen molar-refractivity contribution < 1.29 is 26.4 Å². The number of piperidine rings is 1. The third-order valence-corrected chi connectivity index (χ3v) is 7.08. The van der Waals surface area contributed by atoms with E-state index in [4.69, 9.17) is 8.85 Å². The van der Waals surface area contributed by atoms with Gasteiger partial charge in [-0.15, -0.1) is 5.10 Å². The topological polar surface area (TPSA) is 97.4 Å². The Hall–Kier alpha value is -3.52. The van der Waals surface area contributed by atoms with Crippen molar-refractivity contribution >= 4 is 28.4 Å². The summed E-state index contributed by atoms with van der Waals surface area (Å²) < 4.78 is 87.6. The van der Waals surface area contributed by atoms with Gasteiger partial charge in [-0.05, 0) is 31.5 Å². The van der Waals surface area contributed by atoms with Crippen LogP contribution in [0, 0.1) is 6.92 Å². The smallest absolute Gasteiger partial charge is 0.280 e. The Kier molecular flexibility index (Phi) is 5.27. The highest BCUT2D eigenvalue weighted by Gasteiger charge is 2.47. The minimum atomic E-state index is -3.09. The molecule has 0 amide bonds. The molecule has 202 valence electrons. The van der Waals surface area contributed by atoms with Crippen molar-refractivity contribution in [2.24, 2.45) is 0 Å². The van der Waals surface area contributed by atoms with Crippen LogP contribution in [0.4, 0.5) is 29.3 Å². The Morgan fingerprint density at radius 1 is 1.21 bits per heavy atom. The van der Waals surface area contributed by atoms with Crippen molar-refractivity contribution in [3.63, 3.8) is 0 Å². The lowest BCUT2D eigenvalue weighted by Gasteiger charge is -2.44. The van der Waals surface area contributed by atoms with Crippen molar-refractivity contribution in [1.82, 2.24) is 34.0 Å². The van der Waals surface area contributed by atoms with Crippen molar-refractivity contribution in [2.45, 2.75) is 44.3 Å². The van der Waals surface area contributed by atoms with Crippen LogP contribution in [0.2, 0.25) is 0 Å². The number of likely N-dealkylation sites (tertiary alicyclic amines) is 1. The van der Waals surface area contributed by atoms with E-state index < -0.39 is 38.5 Å². The first-order chi connectivity index (χ1) is 19.4. The molecule has 4 aromatic rings. The van der Waals surface area contributed by atoms with Crippen LogP contribution in [-0.2, 0) is 11.3 Å². The second-order valence-electron chi connectivity index (χ2n) is 9.54. The Morgan fingerprint density at radius 3 is 2.76 bits per heavy atom. The fourth-order valence-electron chi connectivity index (χ4n) is 5.05. The summed E-state index contributed by atoms with van der Waals surface area (Å²) in [5, 5.41) is 9.42. The van der Waals surface area contributed by atoms with Crippen LogP contribution in [0.1, 0.15) is 16.4 Å². The monoisotopic (exact) mass is 536 g/mol. The molecule has 0 saturated carbocycles. The zero-order valence-corrected chi connectivity index (χ0v) is 20.3. The third kappa shape index (κ3) is 4.30. The van der Waals surface area contributed by atoms with Crippen molar-refractivity contribution in [3.05, 3.63) is 30.2 Å². The van der Waals surface area contributed by atoms with Crippen molar-refractivity contribution in [1.29, 1.82) is 0 Å². The Balaban J connectivity index is 1.36. The number of aryl methyl sites for hydroxylation is 1. The lowest BCUT2D eigenvalue weighted by atomic mass is 9.98. The number of anilines is 2. The number of nitrogens with zero attached hydrogens (tertiary/aromatic N) is 7. The van der Waals surface area contributed by atoms with Crippen LogP contribution in [0.5, 0.6) is 0 Å². The van der Waals surface area contributed by atoms with Gasteiger partial charge in [0.15, 0.2) is 11.5 Å². The summed E-state index contributed by atoms with van der Waals surface area (Å²) in [6, 6.07) is 3.59. The first-order valence-electron chi connectivity index (χ1n) is 13.6. The summed E-state index contributed by atoms with van der Waals surface area (Å²) in [5.74, 6) is -3.02. The number of fused-ring (bicyclic) bond motifs is 2. The van der Waals surface area contributed by atoms with Crippen molar-refractivity contribution in [3.8, 4) is 11.3 Å². The first-order valence-corrected chi connectivity index (χ1v) is 12.1. The number of ether oxygens (including phenoxy) is 1. The van der Waals surface area contributed by atoms with E-state index in [9.17, 15) is 8.78 Å². The molecule has 10 nitrogen and oxygen atoms in total. The summed E-state index contributed by atoms with van der Waals surface area (Å²) in [4.78, 5) is 14.8. The number of rotatable bonds is 7. The van der Waals surface area contributed by atoms with E-state index in [0.29, 0.717) is 42.4 Å². The predicted molar refractivity (Wildman–Crippen MR) is 133 cm³/mol. The summed E-state index contributed by atoms with van der Waals surface area (Å²) in [5.41, 5.74) is 1.64. The Morgan fingerprint density at radius 2 is 2.05 bits per heavy atom. The molecule has 0 aliphatic carbocycles. The van der Waals surface area contributed by atoms with Gasteiger partial charge in [0.25, 0.3) is 12.3 Å². The lowest BCUT2D eigenvalue weighted by molar-refractivity contribution is -0.131. The number of alkyl halides is 4. The van der Waals surface area contributed by atoms with Gasteiger partial charge < -0.3 is 19.9 Å². The molecule has 6 rings (SSSR count). The van der Waals surface area contributed by atoms with E-state index >= 15 is 8.78 Å². The molecule has 0 bridgehead atoms. The van der Waals surface area contributed by atoms with Gasteiger partial charge in [-0.25, -0.2) is 32.0 Å². The molecule has 1 atom stereocenters. The second-order valence-corrected chi connectivity index (χ2v) is 9.54. The maximum Gasteiger partial charge on any atom is 0.280 e. The molecule has 4 aromatic heterocycles. The second kappa shape index (κ2) is 9.34. The summed E-state index contributed by atoms with van der Waals surface area (Å²) in [7, 11) is 0. The number of pyridine rings is 1. The number of aromatic nitrogens is 6. The summed E-state index contributed by atoms with van der Waals surface area (Å²) in [6.45, 7) is -0.783. The normalized spacial score (nSPS) is 21.8. The minimum absolute atomic E-state index is 0.0198. The highest BCUT2D eigenvalue weighted by Crippen LogP contribution is 2.34. The van der Waals surface area contributed by atoms with Crippen LogP contribution < -0.4 is 10.6 Å². The highest BCUT2D eigenvalue weighted by molar-refractivity contribution is 5.89. The molecule has 6 heterocycles. The summed E-state index contributed by atoms with van der Waals surface area (Å²) in [6.07, 6.45) is -0.972. The molecule has 14 heteroatoms. The molecule has 1 unspecified atom stereocenters. The number of hydrogen-bond donors (Lipinski definition) is 2. The predicted octanol–water partition coefficient (Wildman–Crippen LogP) is 3.28. The Labute approximate surface area is 219 Å². The average molecular weight is 537 g/mol. The molecule has 2 aliphatic rings. The van der Waals surface area contributed by atoms with Gasteiger partial charge in [-0.1, -0.05) is 0 Å². The highest BCUT2D eigenvalue weighted by atomic mass is 19.3. The molecule has 2 saturated heterocycles. The van der Waals surface area contributed by atoms with Crippen molar-refractivity contribution in [2.75, 3.05) is 43.9 Å². The number of nitrogens with one attached hydrogen (secondary N) is 2. The zero-order chi connectivity index (χ0) is 29.1. The fourth-order valence-corrected chi connectivity index (χ4v) is 5.05. The number of halogens is 4. The van der Waals surface area contributed by atoms with Crippen LogP contribution in [0.3, 0.4) is 0 Å². The number of imidazole rings is 1. The van der Waals surface area contributed by atoms with Gasteiger partial charge in [-0.3, -0.25) is 4.90 Å². The van der Waals surface area contributed by atoms with Gasteiger partial charge in [0.2, 0.25) is 5.95 Å². The van der Waals surface area contributed by atoms with Gasteiger partial charge in [-0.2, -0.15) is 4.98 Å². The molecule has 2 N–H and O–H groups in total. The molecule has 0 aromatic carbocycles. The molecule has 0 spiro atoms. The van der Waals surface area contributed by atoms with Crippen LogP contribution in [0.25, 0.3) is 27.9 Å². The molecule has 0 radical (unpaired) electrons. The van der Waals surface area contributed by atoms with Crippen LogP contribution >= 0.6 is 0 Å². The van der Waals surface area contributed by atoms with Gasteiger partial charge in [0, 0.05) is 29.4 Å². The van der Waals surface area contributed by atoms with Crippen LogP contribution in [-0.4, -0.2) is 91.7 Å². The van der Waals surface area contributed by atoms with E-state index in [1.807, 2.05) is 0 Å². The molecular formula is C24H27F4N9O. The lowest BCUT2D eigenvalue weighted by Crippen LogP contribution is -2.61. The van der Waals surface area contributed by atoms with E-state index in [1.54, 1.807) is 30.0 Å². The molecule has 38 heavy (non-hydrogen) atoms. The Bertz CT molecular complexity index is 1590. The van der Waals surface area contributed by atoms with E-state index in [1.165, 1.54) is 15.3 Å². The SMILES string of the molecule is [2H]C([2H])([2H])Nc1nc(NC2CCN(C3COC3)CC2(F)F)nn2ccc(-c3ccc4nc(C)n(CC(F)F)c4n3)c12. The average Bonchev–Trinajstić information content (AvgIpc) is 3.39. The quantitative estimate of drug-likeness (QED) is 0.348. The fraction of sp³-hybridized carbons (Fsp3) is 0.500. The zero-order valence-electron chi connectivity index (χ0n) is 23.3. The summed E-state index contributed by atoms with van der Waals surface area (Å²) >= 11 is 0. The maximum absolute atomic E-state index is 15.1. The first kappa shape index (κ1) is 21.4. The van der Waals surface area contributed by atoms with Gasteiger partial charge in [0.05, 0.1) is 44.1 Å². The van der Waals surface area contributed by atoms with E-state index in [-0.39, 0.29) is 35.4 Å². The van der Waals surface area contributed by atoms with Gasteiger partial charge in [0.1, 0.15) is 16.9 Å². The maximum atomic E-state index is 15.1. The van der Waals surface area contributed by atoms with E-state index in [2.05, 4.69) is 30.7 Å².